The zero-order chi connectivity index (χ0) is 9.40. The van der Waals surface area contributed by atoms with E-state index in [4.69, 9.17) is 1.37 Å². The van der Waals surface area contributed by atoms with Gasteiger partial charge in [-0.2, -0.15) is 0 Å². The van der Waals surface area contributed by atoms with Gasteiger partial charge in [-0.15, -0.1) is 6.40 Å². The van der Waals surface area contributed by atoms with Gasteiger partial charge in [0.2, 0.25) is 0 Å². The first-order chi connectivity index (χ1) is 5.66. The molecule has 0 aromatic rings. The second-order valence-corrected chi connectivity index (χ2v) is 2.96. The molecule has 0 saturated carbocycles. The van der Waals surface area contributed by atoms with Crippen LogP contribution in [0.5, 0.6) is 0 Å². The first kappa shape index (κ1) is 8.14. The zero-order valence-corrected chi connectivity index (χ0v) is 7.57. The van der Waals surface area contributed by atoms with Crippen LogP contribution in [0.15, 0.2) is 23.3 Å². The molecule has 0 aliphatic carbocycles. The van der Waals surface area contributed by atoms with Gasteiger partial charge in [0, 0.05) is 0 Å². The monoisotopic (exact) mass is 149 g/mol. The topological polar surface area (TPSA) is 0 Å². The molecule has 0 heteroatoms. The molecule has 0 bridgehead atoms. The minimum absolute atomic E-state index is 1.04. The van der Waals surface area contributed by atoms with Crippen LogP contribution in [-0.2, 0) is 0 Å². The van der Waals surface area contributed by atoms with Crippen molar-refractivity contribution in [2.45, 2.75) is 33.6 Å². The summed E-state index contributed by atoms with van der Waals surface area (Å²) in [7, 11) is 0. The molecule has 0 spiro atoms. The predicted octanol–water partition coefficient (Wildman–Crippen LogP) is 3.31. The molecule has 11 heavy (non-hydrogen) atoms. The van der Waals surface area contributed by atoms with Gasteiger partial charge in [0.15, 0.2) is 0 Å². The number of allylic oxidation sites excluding steroid dienone is 4. The number of terminal acetylenes is 1. The normalized spacial score (nSPS) is 11.2. The minimum atomic E-state index is 1.04. The standard InChI is InChI=1S/C11H16/c1-5-7-11(4)9-6-8-10(2)3/h1,7-8H,6,9H2,2-4H3/b11-7+/i1D. The molecular formula is C11H16. The van der Waals surface area contributed by atoms with Gasteiger partial charge < -0.3 is 0 Å². The molecule has 0 heterocycles. The summed E-state index contributed by atoms with van der Waals surface area (Å²) in [4.78, 5) is 0. The average molecular weight is 149 g/mol. The van der Waals surface area contributed by atoms with Crippen LogP contribution in [0.4, 0.5) is 0 Å². The van der Waals surface area contributed by atoms with Crippen LogP contribution < -0.4 is 0 Å². The van der Waals surface area contributed by atoms with Crippen molar-refractivity contribution in [1.82, 2.24) is 0 Å². The lowest BCUT2D eigenvalue weighted by Crippen LogP contribution is -1.75. The van der Waals surface area contributed by atoms with E-state index in [1.165, 1.54) is 11.1 Å². The van der Waals surface area contributed by atoms with E-state index in [1.807, 2.05) is 13.0 Å². The van der Waals surface area contributed by atoms with Crippen LogP contribution in [0.3, 0.4) is 0 Å². The van der Waals surface area contributed by atoms with Gasteiger partial charge in [-0.25, -0.2) is 0 Å². The maximum atomic E-state index is 6.62. The number of hydrogen-bond donors (Lipinski definition) is 0. The van der Waals surface area contributed by atoms with Gasteiger partial charge in [0.1, 0.15) is 1.37 Å². The third kappa shape index (κ3) is 6.93. The largest absolute Gasteiger partial charge is 0.124 e. The lowest BCUT2D eigenvalue weighted by molar-refractivity contribution is 0.968. The third-order valence-corrected chi connectivity index (χ3v) is 1.41. The van der Waals surface area contributed by atoms with Crippen molar-refractivity contribution in [2.75, 3.05) is 0 Å². The molecule has 0 nitrogen and oxygen atoms in total. The molecule has 0 atom stereocenters. The summed E-state index contributed by atoms with van der Waals surface area (Å²) in [5, 5.41) is 0. The summed E-state index contributed by atoms with van der Waals surface area (Å²) in [6.07, 6.45) is 8.25. The highest BCUT2D eigenvalue weighted by Gasteiger charge is 1.85. The zero-order valence-electron chi connectivity index (χ0n) is 8.57. The van der Waals surface area contributed by atoms with Crippen LogP contribution in [0.2, 0.25) is 0 Å². The molecule has 60 valence electrons. The highest BCUT2D eigenvalue weighted by molar-refractivity contribution is 5.16. The summed E-state index contributed by atoms with van der Waals surface area (Å²) in [5.41, 5.74) is 2.60. The van der Waals surface area contributed by atoms with Crippen molar-refractivity contribution in [3.63, 3.8) is 0 Å². The minimum Gasteiger partial charge on any atom is -0.115 e. The SMILES string of the molecule is [2H]C#C/C=C(\C)CCC=C(C)C. The van der Waals surface area contributed by atoms with Crippen LogP contribution in [0.25, 0.3) is 0 Å². The van der Waals surface area contributed by atoms with E-state index in [2.05, 4.69) is 32.2 Å². The summed E-state index contributed by atoms with van der Waals surface area (Å²) >= 11 is 0. The molecule has 0 aromatic heterocycles. The van der Waals surface area contributed by atoms with E-state index < -0.39 is 0 Å². The fourth-order valence-electron chi connectivity index (χ4n) is 0.784. The van der Waals surface area contributed by atoms with Crippen molar-refractivity contribution in [3.8, 4) is 12.3 Å². The molecule has 0 unspecified atom stereocenters. The van der Waals surface area contributed by atoms with E-state index in [0.717, 1.165) is 12.8 Å². The van der Waals surface area contributed by atoms with Crippen LogP contribution in [0, 0.1) is 12.3 Å². The fourth-order valence-corrected chi connectivity index (χ4v) is 0.784. The quantitative estimate of drug-likeness (QED) is 0.426. The molecule has 0 aliphatic heterocycles. The summed E-state index contributed by atoms with van der Waals surface area (Å²) in [6.45, 7) is 6.24. The molecule has 0 fully saturated rings. The van der Waals surface area contributed by atoms with Gasteiger partial charge in [-0.3, -0.25) is 0 Å². The van der Waals surface area contributed by atoms with Crippen molar-refractivity contribution in [2.24, 2.45) is 0 Å². The molecule has 0 N–H and O–H groups in total. The van der Waals surface area contributed by atoms with E-state index in [-0.39, 0.29) is 0 Å². The third-order valence-electron chi connectivity index (χ3n) is 1.41. The molecule has 0 rings (SSSR count). The predicted molar refractivity (Wildman–Crippen MR) is 51.3 cm³/mol. The van der Waals surface area contributed by atoms with Crippen LogP contribution in [0.1, 0.15) is 35.0 Å². The molecular weight excluding hydrogens is 132 g/mol. The van der Waals surface area contributed by atoms with Crippen LogP contribution >= 0.6 is 0 Å². The lowest BCUT2D eigenvalue weighted by Gasteiger charge is -1.94. The Kier molecular flexibility index (Phi) is 4.29. The Morgan fingerprint density at radius 2 is 2.27 bits per heavy atom. The Balaban J connectivity index is 3.76. The Labute approximate surface area is 71.4 Å². The fraction of sp³-hybridized carbons (Fsp3) is 0.455. The van der Waals surface area contributed by atoms with Crippen LogP contribution in [-0.4, -0.2) is 0 Å². The van der Waals surface area contributed by atoms with E-state index in [0.29, 0.717) is 0 Å². The maximum Gasteiger partial charge on any atom is 0.124 e. The molecule has 0 amide bonds. The smallest absolute Gasteiger partial charge is 0.115 e. The number of rotatable bonds is 3. The Bertz CT molecular complexity index is 231. The Morgan fingerprint density at radius 3 is 2.82 bits per heavy atom. The molecule has 0 aromatic carbocycles. The average Bonchev–Trinajstić information content (AvgIpc) is 2.00. The molecule has 0 aliphatic rings. The summed E-state index contributed by atoms with van der Waals surface area (Å²) in [6, 6.07) is 0. The van der Waals surface area contributed by atoms with E-state index in [9.17, 15) is 0 Å². The van der Waals surface area contributed by atoms with E-state index >= 15 is 0 Å². The summed E-state index contributed by atoms with van der Waals surface area (Å²) < 4.78 is 6.62. The van der Waals surface area contributed by atoms with Gasteiger partial charge in [-0.05, 0) is 39.7 Å². The van der Waals surface area contributed by atoms with Crippen molar-refractivity contribution in [3.05, 3.63) is 23.3 Å². The van der Waals surface area contributed by atoms with Gasteiger partial charge >= 0.3 is 0 Å². The van der Waals surface area contributed by atoms with Gasteiger partial charge in [0.25, 0.3) is 0 Å². The highest BCUT2D eigenvalue weighted by Crippen LogP contribution is 2.05. The van der Waals surface area contributed by atoms with Gasteiger partial charge in [0.05, 0.1) is 0 Å². The second kappa shape index (κ2) is 5.80. The second-order valence-electron chi connectivity index (χ2n) is 2.96. The first-order valence-electron chi connectivity index (χ1n) is 4.38. The lowest BCUT2D eigenvalue weighted by atomic mass is 10.1. The first-order valence-corrected chi connectivity index (χ1v) is 3.88. The van der Waals surface area contributed by atoms with E-state index in [1.54, 1.807) is 0 Å². The molecule has 0 radical (unpaired) electrons. The Hall–Kier alpha value is -0.960. The van der Waals surface area contributed by atoms with Crippen molar-refractivity contribution in [1.29, 1.82) is 0 Å². The maximum absolute atomic E-state index is 6.62. The van der Waals surface area contributed by atoms with Crippen molar-refractivity contribution >= 4 is 0 Å². The summed E-state index contributed by atoms with van der Waals surface area (Å²) in [5.74, 6) is 2.62. The Morgan fingerprint density at radius 1 is 1.55 bits per heavy atom. The highest BCUT2D eigenvalue weighted by atomic mass is 13.9. The van der Waals surface area contributed by atoms with Crippen molar-refractivity contribution < 1.29 is 1.37 Å². The number of hydrogen-bond acceptors (Lipinski definition) is 0. The van der Waals surface area contributed by atoms with Gasteiger partial charge in [-0.1, -0.05) is 23.1 Å². The molecule has 0 saturated heterocycles.